The van der Waals surface area contributed by atoms with Crippen LogP contribution in [0, 0.1) is 5.82 Å². The van der Waals surface area contributed by atoms with Gasteiger partial charge in [0.15, 0.2) is 0 Å². The Morgan fingerprint density at radius 3 is 2.50 bits per heavy atom. The Hall–Kier alpha value is -1.13. The molecule has 0 saturated heterocycles. The van der Waals surface area contributed by atoms with E-state index >= 15 is 0 Å². The van der Waals surface area contributed by atoms with Gasteiger partial charge in [0, 0.05) is 17.8 Å². The normalized spacial score (nSPS) is 11.4. The molecule has 0 aromatic heterocycles. The minimum atomic E-state index is -0.207. The summed E-state index contributed by atoms with van der Waals surface area (Å²) in [5.74, 6) is -0.207. The predicted octanol–water partition coefficient (Wildman–Crippen LogP) is 2.18. The van der Waals surface area contributed by atoms with Crippen LogP contribution in [0.4, 0.5) is 10.1 Å². The van der Waals surface area contributed by atoms with Crippen LogP contribution in [0.25, 0.3) is 0 Å². The highest BCUT2D eigenvalue weighted by molar-refractivity contribution is 5.47. The molecule has 0 bridgehead atoms. The maximum absolute atomic E-state index is 13.7. The van der Waals surface area contributed by atoms with Gasteiger partial charge in [-0.25, -0.2) is 4.39 Å². The lowest BCUT2D eigenvalue weighted by Crippen LogP contribution is -2.27. The number of rotatable bonds is 7. The second-order valence-electron chi connectivity index (χ2n) is 4.83. The fourth-order valence-corrected chi connectivity index (χ4v) is 1.93. The number of halogens is 1. The summed E-state index contributed by atoms with van der Waals surface area (Å²) in [5, 5.41) is 0. The van der Waals surface area contributed by atoms with Crippen molar-refractivity contribution in [1.82, 2.24) is 9.80 Å². The molecule has 2 N–H and O–H groups in total. The van der Waals surface area contributed by atoms with Crippen LogP contribution in [0.3, 0.4) is 0 Å². The molecule has 0 fully saturated rings. The van der Waals surface area contributed by atoms with Crippen molar-refractivity contribution in [2.75, 3.05) is 39.5 Å². The first-order chi connectivity index (χ1) is 8.54. The number of hydrogen-bond donors (Lipinski definition) is 1. The van der Waals surface area contributed by atoms with E-state index in [1.54, 1.807) is 12.1 Å². The van der Waals surface area contributed by atoms with Gasteiger partial charge < -0.3 is 10.6 Å². The van der Waals surface area contributed by atoms with Gasteiger partial charge in [0.05, 0.1) is 0 Å². The van der Waals surface area contributed by atoms with E-state index in [4.69, 9.17) is 5.73 Å². The zero-order valence-electron chi connectivity index (χ0n) is 11.6. The summed E-state index contributed by atoms with van der Waals surface area (Å²) in [7, 11) is 4.12. The Bertz CT molecular complexity index is 346. The average Bonchev–Trinajstić information content (AvgIpc) is 2.31. The first kappa shape index (κ1) is 14.9. The topological polar surface area (TPSA) is 32.5 Å². The molecule has 102 valence electrons. The second-order valence-corrected chi connectivity index (χ2v) is 4.83. The molecule has 0 aliphatic carbocycles. The number of hydrogen-bond acceptors (Lipinski definition) is 3. The smallest absolute Gasteiger partial charge is 0.129 e. The molecule has 3 nitrogen and oxygen atoms in total. The number of nitrogen functional groups attached to an aromatic ring is 1. The molecule has 0 spiro atoms. The van der Waals surface area contributed by atoms with E-state index in [1.165, 1.54) is 6.07 Å². The van der Waals surface area contributed by atoms with Crippen molar-refractivity contribution >= 4 is 5.69 Å². The van der Waals surface area contributed by atoms with E-state index in [0.29, 0.717) is 17.8 Å². The van der Waals surface area contributed by atoms with E-state index in [2.05, 4.69) is 30.8 Å². The molecule has 4 heteroatoms. The summed E-state index contributed by atoms with van der Waals surface area (Å²) in [6, 6.07) is 4.88. The summed E-state index contributed by atoms with van der Waals surface area (Å²) in [6.45, 7) is 5.59. The van der Waals surface area contributed by atoms with Crippen molar-refractivity contribution in [2.24, 2.45) is 0 Å². The van der Waals surface area contributed by atoms with Gasteiger partial charge in [-0.15, -0.1) is 0 Å². The number of benzene rings is 1. The fraction of sp³-hybridized carbons (Fsp3) is 0.571. The molecule has 18 heavy (non-hydrogen) atoms. The van der Waals surface area contributed by atoms with Crippen LogP contribution < -0.4 is 5.73 Å². The highest BCUT2D eigenvalue weighted by atomic mass is 19.1. The molecule has 0 amide bonds. The lowest BCUT2D eigenvalue weighted by Gasteiger charge is -2.22. The van der Waals surface area contributed by atoms with Gasteiger partial charge in [-0.3, -0.25) is 4.90 Å². The van der Waals surface area contributed by atoms with Crippen LogP contribution in [0.2, 0.25) is 0 Å². The molecule has 0 heterocycles. The van der Waals surface area contributed by atoms with Gasteiger partial charge in [-0.05, 0) is 52.3 Å². The van der Waals surface area contributed by atoms with Crippen LogP contribution in [0.5, 0.6) is 0 Å². The van der Waals surface area contributed by atoms with Gasteiger partial charge >= 0.3 is 0 Å². The molecule has 0 saturated carbocycles. The minimum Gasteiger partial charge on any atom is -0.398 e. The van der Waals surface area contributed by atoms with E-state index in [9.17, 15) is 4.39 Å². The quantitative estimate of drug-likeness (QED) is 0.756. The van der Waals surface area contributed by atoms with Crippen molar-refractivity contribution < 1.29 is 4.39 Å². The number of nitrogens with two attached hydrogens (primary N) is 1. The molecule has 0 aliphatic heterocycles. The van der Waals surface area contributed by atoms with Gasteiger partial charge in [0.25, 0.3) is 0 Å². The Morgan fingerprint density at radius 1 is 1.22 bits per heavy atom. The van der Waals surface area contributed by atoms with E-state index in [1.807, 2.05) is 0 Å². The van der Waals surface area contributed by atoms with E-state index < -0.39 is 0 Å². The minimum absolute atomic E-state index is 0.207. The second kappa shape index (κ2) is 7.34. The molecule has 1 rings (SSSR count). The van der Waals surface area contributed by atoms with E-state index in [-0.39, 0.29) is 5.82 Å². The summed E-state index contributed by atoms with van der Waals surface area (Å²) in [4.78, 5) is 4.38. The summed E-state index contributed by atoms with van der Waals surface area (Å²) >= 11 is 0. The lowest BCUT2D eigenvalue weighted by molar-refractivity contribution is 0.256. The molecular weight excluding hydrogens is 229 g/mol. The number of nitrogens with zero attached hydrogens (tertiary/aromatic N) is 2. The van der Waals surface area contributed by atoms with Crippen LogP contribution in [-0.2, 0) is 6.54 Å². The molecule has 0 radical (unpaired) electrons. The predicted molar refractivity (Wildman–Crippen MR) is 74.9 cm³/mol. The Kier molecular flexibility index (Phi) is 6.09. The van der Waals surface area contributed by atoms with Crippen molar-refractivity contribution in [1.29, 1.82) is 0 Å². The first-order valence-electron chi connectivity index (χ1n) is 6.44. The Labute approximate surface area is 109 Å². The first-order valence-corrected chi connectivity index (χ1v) is 6.44. The fourth-order valence-electron chi connectivity index (χ4n) is 1.93. The summed E-state index contributed by atoms with van der Waals surface area (Å²) < 4.78 is 13.7. The molecule has 1 aromatic carbocycles. The van der Waals surface area contributed by atoms with Gasteiger partial charge in [0.1, 0.15) is 5.82 Å². The van der Waals surface area contributed by atoms with Crippen LogP contribution >= 0.6 is 0 Å². The van der Waals surface area contributed by atoms with Crippen molar-refractivity contribution in [3.8, 4) is 0 Å². The van der Waals surface area contributed by atoms with Crippen LogP contribution in [0.1, 0.15) is 18.9 Å². The third kappa shape index (κ3) is 4.63. The van der Waals surface area contributed by atoms with Crippen molar-refractivity contribution in [3.05, 3.63) is 29.6 Å². The molecular formula is C14H24FN3. The molecule has 1 aromatic rings. The molecule has 0 unspecified atom stereocenters. The SMILES string of the molecule is CCN(CCCN(C)C)Cc1c(N)cccc1F. The highest BCUT2D eigenvalue weighted by Crippen LogP contribution is 2.17. The van der Waals surface area contributed by atoms with E-state index in [0.717, 1.165) is 26.1 Å². The monoisotopic (exact) mass is 253 g/mol. The van der Waals surface area contributed by atoms with Gasteiger partial charge in [-0.2, -0.15) is 0 Å². The summed E-state index contributed by atoms with van der Waals surface area (Å²) in [6.07, 6.45) is 1.08. The van der Waals surface area contributed by atoms with Crippen molar-refractivity contribution in [2.45, 2.75) is 19.9 Å². The van der Waals surface area contributed by atoms with Crippen molar-refractivity contribution in [3.63, 3.8) is 0 Å². The Morgan fingerprint density at radius 2 is 1.94 bits per heavy atom. The Balaban J connectivity index is 2.57. The maximum Gasteiger partial charge on any atom is 0.129 e. The maximum atomic E-state index is 13.7. The molecule has 0 atom stereocenters. The van der Waals surface area contributed by atoms with Crippen LogP contribution in [0.15, 0.2) is 18.2 Å². The standard InChI is InChI=1S/C14H24FN3/c1-4-18(10-6-9-17(2)3)11-12-13(15)7-5-8-14(12)16/h5,7-8H,4,6,9-11,16H2,1-3H3. The summed E-state index contributed by atoms with van der Waals surface area (Å²) in [5.41, 5.74) is 6.98. The lowest BCUT2D eigenvalue weighted by atomic mass is 10.1. The largest absolute Gasteiger partial charge is 0.398 e. The highest BCUT2D eigenvalue weighted by Gasteiger charge is 2.10. The molecule has 0 aliphatic rings. The van der Waals surface area contributed by atoms with Gasteiger partial charge in [0.2, 0.25) is 0 Å². The zero-order valence-corrected chi connectivity index (χ0v) is 11.6. The third-order valence-electron chi connectivity index (χ3n) is 3.06. The van der Waals surface area contributed by atoms with Crippen LogP contribution in [-0.4, -0.2) is 43.5 Å². The van der Waals surface area contributed by atoms with Gasteiger partial charge in [-0.1, -0.05) is 13.0 Å². The third-order valence-corrected chi connectivity index (χ3v) is 3.06. The number of anilines is 1. The zero-order chi connectivity index (χ0) is 13.5. The average molecular weight is 253 g/mol.